The lowest BCUT2D eigenvalue weighted by Crippen LogP contribution is -2.56. The van der Waals surface area contributed by atoms with Crippen LogP contribution in [0, 0.1) is 46.3 Å². The van der Waals surface area contributed by atoms with Crippen molar-refractivity contribution in [3.63, 3.8) is 0 Å². The van der Waals surface area contributed by atoms with Gasteiger partial charge in [0.15, 0.2) is 0 Å². The maximum absolute atomic E-state index is 12.9. The molecule has 8 atom stereocenters. The Morgan fingerprint density at radius 2 is 1.88 bits per heavy atom. The molecule has 4 saturated carbocycles. The molecule has 1 heteroatoms. The Kier molecular flexibility index (Phi) is 4.44. The quantitative estimate of drug-likeness (QED) is 0.540. The second kappa shape index (κ2) is 6.24. The van der Waals surface area contributed by atoms with Crippen molar-refractivity contribution in [1.29, 1.82) is 0 Å². The highest BCUT2D eigenvalue weighted by Gasteiger charge is 2.63. The molecule has 0 bridgehead atoms. The largest absolute Gasteiger partial charge is 0.299 e. The fraction of sp³-hybridized carbons (Fsp3) is 0.875. The van der Waals surface area contributed by atoms with Gasteiger partial charge in [-0.05, 0) is 106 Å². The maximum Gasteiger partial charge on any atom is 0.136 e. The molecule has 0 saturated heterocycles. The van der Waals surface area contributed by atoms with Gasteiger partial charge in [-0.25, -0.2) is 0 Å². The molecule has 0 amide bonds. The number of carbonyl (C=O) groups excluding carboxylic acids is 1. The predicted molar refractivity (Wildman–Crippen MR) is 104 cm³/mol. The first-order chi connectivity index (χ1) is 12.0. The van der Waals surface area contributed by atoms with Gasteiger partial charge in [0.2, 0.25) is 0 Å². The summed E-state index contributed by atoms with van der Waals surface area (Å²) in [6.45, 7) is 10.9. The lowest BCUT2D eigenvalue weighted by atomic mass is 9.42. The highest BCUT2D eigenvalue weighted by molar-refractivity contribution is 5.84. The minimum atomic E-state index is -0.0490. The van der Waals surface area contributed by atoms with Crippen LogP contribution in [0.3, 0.4) is 0 Å². The van der Waals surface area contributed by atoms with Crippen molar-refractivity contribution < 1.29 is 4.79 Å². The minimum Gasteiger partial charge on any atom is -0.299 e. The van der Waals surface area contributed by atoms with Crippen molar-refractivity contribution in [1.82, 2.24) is 0 Å². The molecule has 4 rings (SSSR count). The number of hydrogen-bond donors (Lipinski definition) is 0. The second-order valence-electron chi connectivity index (χ2n) is 10.2. The third kappa shape index (κ3) is 2.29. The number of fused-ring (bicyclic) bond motifs is 5. The number of hydrogen-bond acceptors (Lipinski definition) is 1. The van der Waals surface area contributed by atoms with Crippen LogP contribution in [0.15, 0.2) is 12.7 Å². The Bertz CT molecular complexity index is 550. The van der Waals surface area contributed by atoms with Crippen LogP contribution in [0.4, 0.5) is 0 Å². The van der Waals surface area contributed by atoms with Gasteiger partial charge < -0.3 is 0 Å². The van der Waals surface area contributed by atoms with Crippen LogP contribution in [0.2, 0.25) is 0 Å². The average molecular weight is 343 g/mol. The van der Waals surface area contributed by atoms with Gasteiger partial charge in [0, 0.05) is 5.41 Å². The van der Waals surface area contributed by atoms with Crippen molar-refractivity contribution in [3.05, 3.63) is 12.7 Å². The molecule has 0 N–H and O–H groups in total. The molecule has 0 aromatic carbocycles. The van der Waals surface area contributed by atoms with Crippen LogP contribution >= 0.6 is 0 Å². The van der Waals surface area contributed by atoms with Crippen LogP contribution < -0.4 is 0 Å². The summed E-state index contributed by atoms with van der Waals surface area (Å²) in [6.07, 6.45) is 15.6. The molecule has 0 radical (unpaired) electrons. The summed E-state index contributed by atoms with van der Waals surface area (Å²) in [4.78, 5) is 12.9. The lowest BCUT2D eigenvalue weighted by molar-refractivity contribution is -0.152. The first kappa shape index (κ1) is 17.8. The van der Waals surface area contributed by atoms with E-state index in [2.05, 4.69) is 26.5 Å². The summed E-state index contributed by atoms with van der Waals surface area (Å²) < 4.78 is 0. The van der Waals surface area contributed by atoms with Crippen LogP contribution in [-0.2, 0) is 4.79 Å². The molecular formula is C24H38O. The van der Waals surface area contributed by atoms with E-state index in [0.717, 1.165) is 30.1 Å². The molecule has 4 aliphatic carbocycles. The highest BCUT2D eigenvalue weighted by Crippen LogP contribution is 2.69. The van der Waals surface area contributed by atoms with E-state index in [1.165, 1.54) is 57.8 Å². The molecule has 0 aliphatic heterocycles. The van der Waals surface area contributed by atoms with Gasteiger partial charge in [-0.3, -0.25) is 4.79 Å². The smallest absolute Gasteiger partial charge is 0.136 e. The summed E-state index contributed by atoms with van der Waals surface area (Å²) in [5.41, 5.74) is 0.553. The van der Waals surface area contributed by atoms with Crippen LogP contribution in [-0.4, -0.2) is 5.78 Å². The summed E-state index contributed by atoms with van der Waals surface area (Å²) >= 11 is 0. The fourth-order valence-electron chi connectivity index (χ4n) is 8.72. The van der Waals surface area contributed by atoms with Gasteiger partial charge in [0.05, 0.1) is 0 Å². The van der Waals surface area contributed by atoms with Gasteiger partial charge in [0.25, 0.3) is 0 Å². The fourth-order valence-corrected chi connectivity index (χ4v) is 8.72. The molecule has 0 aromatic heterocycles. The van der Waals surface area contributed by atoms with E-state index in [0.29, 0.717) is 23.0 Å². The van der Waals surface area contributed by atoms with Gasteiger partial charge in [0.1, 0.15) is 5.78 Å². The van der Waals surface area contributed by atoms with E-state index in [1.807, 2.05) is 6.92 Å². The molecule has 140 valence electrons. The Labute approximate surface area is 155 Å². The first-order valence-corrected chi connectivity index (χ1v) is 11.1. The van der Waals surface area contributed by atoms with Crippen molar-refractivity contribution in [2.75, 3.05) is 0 Å². The predicted octanol–water partition coefficient (Wildman–Crippen LogP) is 6.43. The average Bonchev–Trinajstić information content (AvgIpc) is 3.01. The maximum atomic E-state index is 12.9. The second-order valence-corrected chi connectivity index (χ2v) is 10.2. The molecule has 1 nitrogen and oxygen atoms in total. The molecule has 4 aliphatic rings. The van der Waals surface area contributed by atoms with Gasteiger partial charge >= 0.3 is 0 Å². The van der Waals surface area contributed by atoms with Crippen molar-refractivity contribution >= 4 is 5.78 Å². The molecule has 25 heavy (non-hydrogen) atoms. The zero-order valence-electron chi connectivity index (χ0n) is 16.7. The highest BCUT2D eigenvalue weighted by atomic mass is 16.1. The van der Waals surface area contributed by atoms with E-state index >= 15 is 0 Å². The van der Waals surface area contributed by atoms with Crippen LogP contribution in [0.25, 0.3) is 0 Å². The normalized spacial score (nSPS) is 52.0. The van der Waals surface area contributed by atoms with E-state index in [9.17, 15) is 4.79 Å². The van der Waals surface area contributed by atoms with E-state index in [4.69, 9.17) is 0 Å². The summed E-state index contributed by atoms with van der Waals surface area (Å²) in [5.74, 6) is 5.16. The third-order valence-electron chi connectivity index (χ3n) is 9.80. The first-order valence-electron chi connectivity index (χ1n) is 11.1. The van der Waals surface area contributed by atoms with Gasteiger partial charge in [-0.1, -0.05) is 26.3 Å². The Hall–Kier alpha value is -0.590. The van der Waals surface area contributed by atoms with Crippen molar-refractivity contribution in [2.45, 2.75) is 85.0 Å². The number of allylic oxidation sites excluding steroid dienone is 1. The topological polar surface area (TPSA) is 17.1 Å². The number of carbonyl (C=O) groups is 1. The Balaban J connectivity index is 1.69. The van der Waals surface area contributed by atoms with E-state index in [1.54, 1.807) is 0 Å². The zero-order chi connectivity index (χ0) is 17.8. The van der Waals surface area contributed by atoms with Crippen LogP contribution in [0.5, 0.6) is 0 Å². The minimum absolute atomic E-state index is 0.0490. The Morgan fingerprint density at radius 1 is 1.08 bits per heavy atom. The number of Topliss-reactive ketones (excluding diaryl/α,β-unsaturated/α-hetero) is 1. The van der Waals surface area contributed by atoms with E-state index < -0.39 is 0 Å². The molecule has 0 aromatic rings. The monoisotopic (exact) mass is 342 g/mol. The van der Waals surface area contributed by atoms with Crippen molar-refractivity contribution in [3.8, 4) is 0 Å². The molecule has 0 spiro atoms. The summed E-state index contributed by atoms with van der Waals surface area (Å²) in [5, 5.41) is 0. The molecular weight excluding hydrogens is 304 g/mol. The molecule has 0 unspecified atom stereocenters. The Morgan fingerprint density at radius 3 is 2.56 bits per heavy atom. The number of ketones is 1. The summed E-state index contributed by atoms with van der Waals surface area (Å²) in [6, 6.07) is 0. The van der Waals surface area contributed by atoms with Gasteiger partial charge in [-0.15, -0.1) is 6.58 Å². The third-order valence-corrected chi connectivity index (χ3v) is 9.80. The molecule has 4 fully saturated rings. The summed E-state index contributed by atoms with van der Waals surface area (Å²) in [7, 11) is 0. The van der Waals surface area contributed by atoms with E-state index in [-0.39, 0.29) is 5.41 Å². The number of rotatable bonds is 3. The van der Waals surface area contributed by atoms with Gasteiger partial charge in [-0.2, -0.15) is 0 Å². The zero-order valence-corrected chi connectivity index (χ0v) is 16.7. The molecule has 0 heterocycles. The SMILES string of the molecule is C=C[C@H]1CC[C@H]2[C@@H]3CC[C@H]4C[C@H](C)CC[C@]4(CC)[C@H]3CC[C@]12C(C)=O. The standard InChI is InChI=1S/C24H38O/c1-5-18-8-10-22-20-9-7-19-15-16(3)11-13-23(19,6-2)21(20)12-14-24(18,22)17(4)25/h5,16,18-22H,1,6-15H2,2-4H3/t16-,18+,19+,20-,21+,22+,23+,24+/m1/s1. The lowest BCUT2D eigenvalue weighted by Gasteiger charge is -2.62. The van der Waals surface area contributed by atoms with Crippen molar-refractivity contribution in [2.24, 2.45) is 46.3 Å². The van der Waals surface area contributed by atoms with Crippen LogP contribution in [0.1, 0.15) is 85.0 Å².